The summed E-state index contributed by atoms with van der Waals surface area (Å²) >= 11 is 12.0. The van der Waals surface area contributed by atoms with Gasteiger partial charge in [-0.15, -0.1) is 0 Å². The Labute approximate surface area is 262 Å². The first-order valence-corrected chi connectivity index (χ1v) is 16.9. The van der Waals surface area contributed by atoms with Crippen LogP contribution in [0, 0.1) is 5.92 Å². The van der Waals surface area contributed by atoms with Crippen molar-refractivity contribution in [2.75, 3.05) is 46.4 Å². The first-order valence-electron chi connectivity index (χ1n) is 14.7. The summed E-state index contributed by atoms with van der Waals surface area (Å²) in [6.45, 7) is 3.36. The fourth-order valence-corrected chi connectivity index (χ4v) is 8.22. The minimum atomic E-state index is -4.10. The maximum atomic E-state index is 13.3. The topological polar surface area (TPSA) is 145 Å². The molecule has 4 rings (SSSR count). The first-order chi connectivity index (χ1) is 20.5. The number of sulfonamides is 1. The van der Waals surface area contributed by atoms with Crippen molar-refractivity contribution in [3.63, 3.8) is 0 Å². The monoisotopic (exact) mass is 659 g/mol. The molecule has 3 fully saturated rings. The lowest BCUT2D eigenvalue weighted by Crippen LogP contribution is -2.51. The highest BCUT2D eigenvalue weighted by Crippen LogP contribution is 2.30. The second kappa shape index (κ2) is 14.9. The van der Waals surface area contributed by atoms with Crippen LogP contribution in [0.4, 0.5) is 4.79 Å². The van der Waals surface area contributed by atoms with Gasteiger partial charge < -0.3 is 25.2 Å². The van der Waals surface area contributed by atoms with E-state index in [1.54, 1.807) is 4.90 Å². The minimum Gasteiger partial charge on any atom is -0.467 e. The van der Waals surface area contributed by atoms with Gasteiger partial charge in [-0.2, -0.15) is 4.31 Å². The molecule has 0 saturated carbocycles. The number of nitrogens with one attached hydrogen (secondary N) is 2. The molecule has 3 aliphatic rings. The van der Waals surface area contributed by atoms with Crippen LogP contribution in [-0.4, -0.2) is 105 Å². The van der Waals surface area contributed by atoms with Crippen LogP contribution in [0.3, 0.4) is 0 Å². The number of hydrogen-bond acceptors (Lipinski definition) is 7. The molecule has 4 amide bonds. The van der Waals surface area contributed by atoms with Gasteiger partial charge >= 0.3 is 12.0 Å². The van der Waals surface area contributed by atoms with Gasteiger partial charge in [0.05, 0.1) is 12.0 Å². The van der Waals surface area contributed by atoms with Crippen LogP contribution in [0.1, 0.15) is 51.4 Å². The lowest BCUT2D eigenvalue weighted by molar-refractivity contribution is -0.146. The Morgan fingerprint density at radius 2 is 1.58 bits per heavy atom. The third kappa shape index (κ3) is 8.52. The molecule has 0 spiro atoms. The summed E-state index contributed by atoms with van der Waals surface area (Å²) in [4.78, 5) is 54.5. The van der Waals surface area contributed by atoms with Crippen LogP contribution in [0.5, 0.6) is 0 Å². The maximum absolute atomic E-state index is 13.3. The Balaban J connectivity index is 1.28. The molecule has 0 bridgehead atoms. The van der Waals surface area contributed by atoms with Gasteiger partial charge in [-0.3, -0.25) is 9.59 Å². The normalized spacial score (nSPS) is 20.6. The highest BCUT2D eigenvalue weighted by molar-refractivity contribution is 7.89. The van der Waals surface area contributed by atoms with Gasteiger partial charge in [0.1, 0.15) is 12.1 Å². The molecule has 3 saturated heterocycles. The van der Waals surface area contributed by atoms with Crippen molar-refractivity contribution in [3.05, 3.63) is 28.2 Å². The van der Waals surface area contributed by atoms with Crippen molar-refractivity contribution < 1.29 is 32.3 Å². The first kappa shape index (κ1) is 33.3. The number of urea groups is 1. The van der Waals surface area contributed by atoms with Crippen molar-refractivity contribution >= 4 is 57.0 Å². The van der Waals surface area contributed by atoms with Gasteiger partial charge in [-0.1, -0.05) is 23.2 Å². The number of benzene rings is 1. The average molecular weight is 661 g/mol. The van der Waals surface area contributed by atoms with E-state index in [0.29, 0.717) is 26.1 Å². The molecule has 43 heavy (non-hydrogen) atoms. The molecular weight excluding hydrogens is 621 g/mol. The number of piperidine rings is 1. The lowest BCUT2D eigenvalue weighted by Gasteiger charge is -2.33. The molecule has 2 N–H and O–H groups in total. The number of esters is 1. The third-order valence-electron chi connectivity index (χ3n) is 8.30. The second-order valence-corrected chi connectivity index (χ2v) is 14.0. The smallest absolute Gasteiger partial charge is 0.328 e. The van der Waals surface area contributed by atoms with Crippen LogP contribution < -0.4 is 10.6 Å². The van der Waals surface area contributed by atoms with Crippen LogP contribution in [0.2, 0.25) is 10.0 Å². The number of halogens is 2. The summed E-state index contributed by atoms with van der Waals surface area (Å²) in [5, 5.41) is 5.92. The second-order valence-electron chi connectivity index (χ2n) is 11.2. The van der Waals surface area contributed by atoms with Crippen molar-refractivity contribution in [2.45, 2.75) is 68.3 Å². The Hall–Kier alpha value is -2.61. The highest BCUT2D eigenvalue weighted by atomic mass is 35.5. The lowest BCUT2D eigenvalue weighted by atomic mass is 9.96. The zero-order chi connectivity index (χ0) is 31.1. The molecule has 238 valence electrons. The maximum Gasteiger partial charge on any atom is 0.328 e. The molecule has 0 aliphatic carbocycles. The predicted molar refractivity (Wildman–Crippen MR) is 160 cm³/mol. The number of methoxy groups -OCH3 is 1. The van der Waals surface area contributed by atoms with Crippen LogP contribution in [0.15, 0.2) is 23.1 Å². The molecule has 3 aliphatic heterocycles. The number of carbonyl (C=O) groups is 4. The molecule has 1 aromatic carbocycles. The molecule has 0 aromatic heterocycles. The van der Waals surface area contributed by atoms with Gasteiger partial charge in [0.2, 0.25) is 21.8 Å². The average Bonchev–Trinajstić information content (AvgIpc) is 3.71. The van der Waals surface area contributed by atoms with Crippen molar-refractivity contribution in [2.24, 2.45) is 5.92 Å². The van der Waals surface area contributed by atoms with E-state index in [4.69, 9.17) is 27.9 Å². The summed E-state index contributed by atoms with van der Waals surface area (Å²) in [5.41, 5.74) is 0. The molecule has 12 nitrogen and oxygen atoms in total. The van der Waals surface area contributed by atoms with Gasteiger partial charge in [0.25, 0.3) is 0 Å². The zero-order valence-corrected chi connectivity index (χ0v) is 26.6. The number of rotatable bonds is 10. The van der Waals surface area contributed by atoms with E-state index < -0.39 is 34.0 Å². The SMILES string of the molecule is COC(=O)[C@H](CCC(=O)N1CCC(CNC(=O)N2CCCC2)CC1)NC(=O)[C@@H]1CCCN1S(=O)(=O)c1cc(Cl)cc(Cl)c1. The van der Waals surface area contributed by atoms with Gasteiger partial charge in [0.15, 0.2) is 0 Å². The van der Waals surface area contributed by atoms with E-state index in [1.165, 1.54) is 25.3 Å². The Bertz CT molecular complexity index is 1280. The molecule has 0 radical (unpaired) electrons. The van der Waals surface area contributed by atoms with Gasteiger partial charge in [-0.05, 0) is 69.1 Å². The van der Waals surface area contributed by atoms with Crippen molar-refractivity contribution in [1.82, 2.24) is 24.7 Å². The molecule has 2 atom stereocenters. The zero-order valence-electron chi connectivity index (χ0n) is 24.2. The molecule has 1 aromatic rings. The minimum absolute atomic E-state index is 0.00407. The largest absolute Gasteiger partial charge is 0.467 e. The van der Waals surface area contributed by atoms with E-state index in [-0.39, 0.29) is 58.6 Å². The summed E-state index contributed by atoms with van der Waals surface area (Å²) in [5.74, 6) is -1.23. The number of likely N-dealkylation sites (tertiary alicyclic amines) is 2. The Kier molecular flexibility index (Phi) is 11.5. The standard InChI is InChI=1S/C28H39Cl2N5O7S/c1-42-27(38)23(6-7-25(36)33-13-8-19(9-14-33)18-31-28(39)34-10-2-3-11-34)32-26(37)24-5-4-12-35(24)43(40,41)22-16-20(29)15-21(30)17-22/h15-17,19,23-24H,2-14,18H2,1H3,(H,31,39)(H,32,37)/t23-,24-/m0/s1. The quantitative estimate of drug-likeness (QED) is 0.367. The highest BCUT2D eigenvalue weighted by Gasteiger charge is 2.41. The molecule has 0 unspecified atom stereocenters. The van der Waals surface area contributed by atoms with Crippen molar-refractivity contribution in [1.29, 1.82) is 0 Å². The molecule has 3 heterocycles. The van der Waals surface area contributed by atoms with Crippen LogP contribution in [-0.2, 0) is 29.1 Å². The number of carbonyl (C=O) groups excluding carboxylic acids is 4. The van der Waals surface area contributed by atoms with E-state index in [0.717, 1.165) is 43.1 Å². The summed E-state index contributed by atoms with van der Waals surface area (Å²) < 4.78 is 32.6. The number of hydrogen-bond donors (Lipinski definition) is 2. The molecular formula is C28H39Cl2N5O7S. The fourth-order valence-electron chi connectivity index (χ4n) is 5.84. The molecule has 15 heteroatoms. The summed E-state index contributed by atoms with van der Waals surface area (Å²) in [6.07, 6.45) is 4.31. The van der Waals surface area contributed by atoms with Crippen LogP contribution >= 0.6 is 23.2 Å². The number of ether oxygens (including phenoxy) is 1. The summed E-state index contributed by atoms with van der Waals surface area (Å²) in [7, 11) is -2.91. The van der Waals surface area contributed by atoms with E-state index in [9.17, 15) is 27.6 Å². The van der Waals surface area contributed by atoms with E-state index in [1.807, 2.05) is 4.90 Å². The third-order valence-corrected chi connectivity index (χ3v) is 10.6. The number of amides is 4. The summed E-state index contributed by atoms with van der Waals surface area (Å²) in [6, 6.07) is 1.76. The van der Waals surface area contributed by atoms with Gasteiger partial charge in [-0.25, -0.2) is 18.0 Å². The van der Waals surface area contributed by atoms with E-state index in [2.05, 4.69) is 10.6 Å². The van der Waals surface area contributed by atoms with Crippen LogP contribution in [0.25, 0.3) is 0 Å². The van der Waals surface area contributed by atoms with Crippen molar-refractivity contribution in [3.8, 4) is 0 Å². The Morgan fingerprint density at radius 1 is 0.930 bits per heavy atom. The number of nitrogens with zero attached hydrogens (tertiary/aromatic N) is 3. The fraction of sp³-hybridized carbons (Fsp3) is 0.643. The Morgan fingerprint density at radius 3 is 2.21 bits per heavy atom. The van der Waals surface area contributed by atoms with Gasteiger partial charge in [0, 0.05) is 55.7 Å². The van der Waals surface area contributed by atoms with E-state index >= 15 is 0 Å². The predicted octanol–water partition coefficient (Wildman–Crippen LogP) is 2.63.